The van der Waals surface area contributed by atoms with Crippen LogP contribution in [0.1, 0.15) is 25.5 Å². The normalized spacial score (nSPS) is 20.2. The van der Waals surface area contributed by atoms with Gasteiger partial charge in [0.05, 0.1) is 18.9 Å². The zero-order valence-electron chi connectivity index (χ0n) is 16.6. The fourth-order valence-corrected chi connectivity index (χ4v) is 3.55. The summed E-state index contributed by atoms with van der Waals surface area (Å²) < 4.78 is 10.3. The zero-order chi connectivity index (χ0) is 18.7. The molecule has 8 nitrogen and oxygen atoms in total. The SMILES string of the molecule is CCNC(=NCCCCN1CCOCC1)N1CCN(Cc2ccon2)CC1. The first-order valence-electron chi connectivity index (χ1n) is 10.3. The number of nitrogens with zero attached hydrogens (tertiary/aromatic N) is 5. The summed E-state index contributed by atoms with van der Waals surface area (Å²) in [4.78, 5) is 12.2. The second-order valence-corrected chi connectivity index (χ2v) is 7.15. The molecule has 0 aliphatic carbocycles. The van der Waals surface area contributed by atoms with Gasteiger partial charge < -0.3 is 19.5 Å². The van der Waals surface area contributed by atoms with Crippen molar-refractivity contribution < 1.29 is 9.26 Å². The second kappa shape index (κ2) is 11.3. The van der Waals surface area contributed by atoms with Gasteiger partial charge in [0.2, 0.25) is 0 Å². The van der Waals surface area contributed by atoms with E-state index in [0.29, 0.717) is 0 Å². The van der Waals surface area contributed by atoms with Gasteiger partial charge in [0.1, 0.15) is 6.26 Å². The highest BCUT2D eigenvalue weighted by Crippen LogP contribution is 2.08. The molecule has 0 saturated carbocycles. The average molecular weight is 379 g/mol. The Hall–Kier alpha value is -1.64. The molecule has 2 aliphatic heterocycles. The van der Waals surface area contributed by atoms with Gasteiger partial charge in [-0.1, -0.05) is 5.16 Å². The molecule has 0 bridgehead atoms. The molecule has 3 heterocycles. The average Bonchev–Trinajstić information content (AvgIpc) is 3.21. The van der Waals surface area contributed by atoms with Crippen LogP contribution in [-0.4, -0.2) is 97.9 Å². The fourth-order valence-electron chi connectivity index (χ4n) is 3.55. The molecular formula is C19H34N6O2. The predicted molar refractivity (Wildman–Crippen MR) is 106 cm³/mol. The van der Waals surface area contributed by atoms with Gasteiger partial charge in [-0.05, 0) is 26.3 Å². The summed E-state index contributed by atoms with van der Waals surface area (Å²) in [5, 5.41) is 7.46. The molecule has 1 aromatic heterocycles. The summed E-state index contributed by atoms with van der Waals surface area (Å²) in [6.07, 6.45) is 3.98. The Morgan fingerprint density at radius 2 is 1.93 bits per heavy atom. The second-order valence-electron chi connectivity index (χ2n) is 7.15. The summed E-state index contributed by atoms with van der Waals surface area (Å²) in [7, 11) is 0. The fraction of sp³-hybridized carbons (Fsp3) is 0.789. The molecular weight excluding hydrogens is 344 g/mol. The highest BCUT2D eigenvalue weighted by Gasteiger charge is 2.20. The van der Waals surface area contributed by atoms with Gasteiger partial charge in [0.25, 0.3) is 0 Å². The van der Waals surface area contributed by atoms with Crippen molar-refractivity contribution in [1.82, 2.24) is 25.2 Å². The summed E-state index contributed by atoms with van der Waals surface area (Å²) in [5.41, 5.74) is 1.00. The standard InChI is InChI=1S/C19H34N6O2/c1-2-20-19(21-6-3-4-7-23-12-15-26-16-13-23)25-10-8-24(9-11-25)17-18-5-14-27-22-18/h5,14H,2-4,6-13,15-17H2,1H3,(H,20,21). The van der Waals surface area contributed by atoms with Crippen molar-refractivity contribution in [2.24, 2.45) is 4.99 Å². The predicted octanol–water partition coefficient (Wildman–Crippen LogP) is 0.870. The number of hydrogen-bond donors (Lipinski definition) is 1. The lowest BCUT2D eigenvalue weighted by atomic mass is 10.2. The van der Waals surface area contributed by atoms with E-state index in [-0.39, 0.29) is 0 Å². The summed E-state index contributed by atoms with van der Waals surface area (Å²) in [5.74, 6) is 1.06. The lowest BCUT2D eigenvalue weighted by Gasteiger charge is -2.36. The highest BCUT2D eigenvalue weighted by atomic mass is 16.5. The maximum absolute atomic E-state index is 5.40. The molecule has 0 unspecified atom stereocenters. The van der Waals surface area contributed by atoms with Gasteiger partial charge in [-0.2, -0.15) is 0 Å². The highest BCUT2D eigenvalue weighted by molar-refractivity contribution is 5.80. The van der Waals surface area contributed by atoms with Crippen LogP contribution in [0.3, 0.4) is 0 Å². The molecule has 1 aromatic rings. The van der Waals surface area contributed by atoms with Crippen LogP contribution in [0.15, 0.2) is 21.8 Å². The van der Waals surface area contributed by atoms with Crippen LogP contribution in [0, 0.1) is 0 Å². The minimum Gasteiger partial charge on any atom is -0.379 e. The van der Waals surface area contributed by atoms with E-state index >= 15 is 0 Å². The summed E-state index contributed by atoms with van der Waals surface area (Å²) in [6, 6.07) is 1.94. The lowest BCUT2D eigenvalue weighted by Crippen LogP contribution is -2.52. The monoisotopic (exact) mass is 378 g/mol. The van der Waals surface area contributed by atoms with Crippen LogP contribution >= 0.6 is 0 Å². The van der Waals surface area contributed by atoms with Crippen molar-refractivity contribution in [3.63, 3.8) is 0 Å². The van der Waals surface area contributed by atoms with Gasteiger partial charge in [0, 0.05) is 65.0 Å². The van der Waals surface area contributed by atoms with E-state index in [0.717, 1.165) is 96.7 Å². The van der Waals surface area contributed by atoms with E-state index < -0.39 is 0 Å². The Morgan fingerprint density at radius 3 is 2.63 bits per heavy atom. The van der Waals surface area contributed by atoms with Gasteiger partial charge in [-0.25, -0.2) is 0 Å². The van der Waals surface area contributed by atoms with Crippen molar-refractivity contribution in [3.05, 3.63) is 18.0 Å². The van der Waals surface area contributed by atoms with Crippen molar-refractivity contribution in [2.45, 2.75) is 26.3 Å². The molecule has 0 aromatic carbocycles. The largest absolute Gasteiger partial charge is 0.379 e. The smallest absolute Gasteiger partial charge is 0.194 e. The number of ether oxygens (including phenoxy) is 1. The Kier molecular flexibility index (Phi) is 8.38. The number of morpholine rings is 1. The topological polar surface area (TPSA) is 69.4 Å². The van der Waals surface area contributed by atoms with E-state index in [1.54, 1.807) is 6.26 Å². The number of unbranched alkanes of at least 4 members (excludes halogenated alkanes) is 1. The quantitative estimate of drug-likeness (QED) is 0.409. The molecule has 0 amide bonds. The van der Waals surface area contributed by atoms with Gasteiger partial charge >= 0.3 is 0 Å². The molecule has 1 N–H and O–H groups in total. The first-order chi connectivity index (χ1) is 13.3. The van der Waals surface area contributed by atoms with Crippen molar-refractivity contribution in [3.8, 4) is 0 Å². The first kappa shape index (κ1) is 20.1. The van der Waals surface area contributed by atoms with Crippen molar-refractivity contribution >= 4 is 5.96 Å². The van der Waals surface area contributed by atoms with Gasteiger partial charge in [0.15, 0.2) is 5.96 Å². The molecule has 8 heteroatoms. The molecule has 2 aliphatic rings. The van der Waals surface area contributed by atoms with Crippen molar-refractivity contribution in [1.29, 1.82) is 0 Å². The molecule has 152 valence electrons. The Balaban J connectivity index is 1.36. The third-order valence-electron chi connectivity index (χ3n) is 5.13. The number of piperazine rings is 1. The maximum Gasteiger partial charge on any atom is 0.194 e. The first-order valence-corrected chi connectivity index (χ1v) is 10.3. The number of aromatic nitrogens is 1. The van der Waals surface area contributed by atoms with Crippen LogP contribution in [0.4, 0.5) is 0 Å². The molecule has 27 heavy (non-hydrogen) atoms. The Labute approximate surface area is 162 Å². The number of nitrogens with one attached hydrogen (secondary N) is 1. The van der Waals surface area contributed by atoms with Crippen LogP contribution < -0.4 is 5.32 Å². The Bertz CT molecular complexity index is 536. The summed E-state index contributed by atoms with van der Waals surface area (Å²) >= 11 is 0. The molecule has 0 atom stereocenters. The molecule has 0 spiro atoms. The third kappa shape index (κ3) is 6.79. The van der Waals surface area contributed by atoms with Gasteiger partial charge in [-0.15, -0.1) is 0 Å². The minimum absolute atomic E-state index is 0.861. The number of guanidine groups is 1. The number of aliphatic imine (C=N–C) groups is 1. The molecule has 2 saturated heterocycles. The van der Waals surface area contributed by atoms with Crippen LogP contribution in [-0.2, 0) is 11.3 Å². The van der Waals surface area contributed by atoms with E-state index in [9.17, 15) is 0 Å². The number of rotatable bonds is 8. The van der Waals surface area contributed by atoms with E-state index in [1.165, 1.54) is 6.42 Å². The van der Waals surface area contributed by atoms with E-state index in [1.807, 2.05) is 6.07 Å². The molecule has 0 radical (unpaired) electrons. The van der Waals surface area contributed by atoms with Crippen LogP contribution in [0.5, 0.6) is 0 Å². The lowest BCUT2D eigenvalue weighted by molar-refractivity contribution is 0.0373. The van der Waals surface area contributed by atoms with Crippen molar-refractivity contribution in [2.75, 3.05) is 72.1 Å². The third-order valence-corrected chi connectivity index (χ3v) is 5.13. The van der Waals surface area contributed by atoms with Crippen LogP contribution in [0.25, 0.3) is 0 Å². The zero-order valence-corrected chi connectivity index (χ0v) is 16.6. The Morgan fingerprint density at radius 1 is 1.11 bits per heavy atom. The minimum atomic E-state index is 0.861. The molecule has 2 fully saturated rings. The molecule has 3 rings (SSSR count). The maximum atomic E-state index is 5.40. The van der Waals surface area contributed by atoms with E-state index in [4.69, 9.17) is 14.3 Å². The van der Waals surface area contributed by atoms with Crippen LogP contribution in [0.2, 0.25) is 0 Å². The van der Waals surface area contributed by atoms with Gasteiger partial charge in [-0.3, -0.25) is 14.8 Å². The van der Waals surface area contributed by atoms with E-state index in [2.05, 4.69) is 32.1 Å². The summed E-state index contributed by atoms with van der Waals surface area (Å²) in [6.45, 7) is 13.9. The number of hydrogen-bond acceptors (Lipinski definition) is 6.